The van der Waals surface area contributed by atoms with Crippen LogP contribution in [0.25, 0.3) is 0 Å². The average Bonchev–Trinajstić information content (AvgIpc) is 3.07. The Balaban J connectivity index is 0.00000208. The zero-order valence-corrected chi connectivity index (χ0v) is 16.2. The lowest BCUT2D eigenvalue weighted by Gasteiger charge is -2.30. The maximum Gasteiger partial charge on any atom is 0.122 e. The smallest absolute Gasteiger partial charge is 0.122 e. The van der Waals surface area contributed by atoms with Gasteiger partial charge in [-0.25, -0.2) is 0 Å². The minimum atomic E-state index is 0. The van der Waals surface area contributed by atoms with E-state index >= 15 is 0 Å². The van der Waals surface area contributed by atoms with Crippen molar-refractivity contribution in [1.29, 1.82) is 0 Å². The quantitative estimate of drug-likeness (QED) is 0.742. The van der Waals surface area contributed by atoms with Crippen LogP contribution >= 0.6 is 23.7 Å². The molecule has 2 nitrogen and oxygen atoms in total. The number of methoxy groups -OCH3 is 1. The van der Waals surface area contributed by atoms with Gasteiger partial charge in [-0.3, -0.25) is 0 Å². The molecule has 1 aromatic carbocycles. The van der Waals surface area contributed by atoms with Crippen LogP contribution in [0.3, 0.4) is 0 Å². The molecule has 2 atom stereocenters. The number of hydrogen-bond acceptors (Lipinski definition) is 3. The molecule has 3 rings (SSSR count). The van der Waals surface area contributed by atoms with Crippen LogP contribution in [0.2, 0.25) is 0 Å². The highest BCUT2D eigenvalue weighted by Gasteiger charge is 2.23. The van der Waals surface area contributed by atoms with Crippen molar-refractivity contribution in [2.24, 2.45) is 0 Å². The summed E-state index contributed by atoms with van der Waals surface area (Å²) in [4.78, 5) is 0. The number of fused-ring (bicyclic) bond motifs is 1. The first-order valence-corrected chi connectivity index (χ1v) is 9.66. The van der Waals surface area contributed by atoms with Crippen molar-refractivity contribution in [2.75, 3.05) is 7.11 Å². The van der Waals surface area contributed by atoms with Gasteiger partial charge in [-0.1, -0.05) is 25.5 Å². The number of rotatable bonds is 7. The van der Waals surface area contributed by atoms with Gasteiger partial charge in [0, 0.05) is 12.1 Å². The number of halogens is 1. The number of thiophene rings is 1. The Labute approximate surface area is 156 Å². The average molecular weight is 366 g/mol. The number of nitrogens with one attached hydrogen (secondary N) is 1. The summed E-state index contributed by atoms with van der Waals surface area (Å²) in [5.41, 5.74) is 4.34. The molecule has 2 unspecified atom stereocenters. The van der Waals surface area contributed by atoms with Crippen LogP contribution in [0.1, 0.15) is 42.9 Å². The summed E-state index contributed by atoms with van der Waals surface area (Å²) >= 11 is 1.80. The SMILES string of the molecule is CCCC(Cc1ccsc1)NC1CCc2c(cccc2OC)C1.Cl. The summed E-state index contributed by atoms with van der Waals surface area (Å²) < 4.78 is 5.52. The Morgan fingerprint density at radius 3 is 2.92 bits per heavy atom. The fraction of sp³-hybridized carbons (Fsp3) is 0.500. The molecule has 0 saturated heterocycles. The lowest BCUT2D eigenvalue weighted by Crippen LogP contribution is -2.42. The first kappa shape index (κ1) is 19.3. The topological polar surface area (TPSA) is 21.3 Å². The van der Waals surface area contributed by atoms with Crippen LogP contribution in [-0.2, 0) is 19.3 Å². The molecular formula is C20H28ClNOS. The third-order valence-corrected chi connectivity index (χ3v) is 5.56. The zero-order chi connectivity index (χ0) is 16.1. The second kappa shape index (κ2) is 9.45. The Morgan fingerprint density at radius 1 is 1.33 bits per heavy atom. The second-order valence-corrected chi connectivity index (χ2v) is 7.31. The summed E-state index contributed by atoms with van der Waals surface area (Å²) in [7, 11) is 1.78. The molecule has 4 heteroatoms. The highest BCUT2D eigenvalue weighted by molar-refractivity contribution is 7.07. The standard InChI is InChI=1S/C20H27NOS.ClH/c1-3-5-17(12-15-10-11-23-14-15)21-18-8-9-19-16(13-18)6-4-7-20(19)22-2;/h4,6-7,10-11,14,17-18,21H,3,5,8-9,12-13H2,1-2H3;1H. The van der Waals surface area contributed by atoms with Gasteiger partial charge in [0.1, 0.15) is 5.75 Å². The Morgan fingerprint density at radius 2 is 2.21 bits per heavy atom. The van der Waals surface area contributed by atoms with Gasteiger partial charge in [-0.2, -0.15) is 11.3 Å². The van der Waals surface area contributed by atoms with Crippen molar-refractivity contribution in [2.45, 2.75) is 57.5 Å². The van der Waals surface area contributed by atoms with Crippen molar-refractivity contribution in [3.8, 4) is 5.75 Å². The molecule has 24 heavy (non-hydrogen) atoms. The first-order chi connectivity index (χ1) is 11.3. The van der Waals surface area contributed by atoms with Gasteiger partial charge in [-0.05, 0) is 71.7 Å². The maximum atomic E-state index is 5.52. The normalized spacial score (nSPS) is 17.7. The Bertz CT molecular complexity index is 614. The summed E-state index contributed by atoms with van der Waals surface area (Å²) in [5.74, 6) is 1.06. The first-order valence-electron chi connectivity index (χ1n) is 8.72. The third kappa shape index (κ3) is 4.75. The van der Waals surface area contributed by atoms with Gasteiger partial charge in [-0.15, -0.1) is 12.4 Å². The molecular weight excluding hydrogens is 338 g/mol. The second-order valence-electron chi connectivity index (χ2n) is 6.53. The van der Waals surface area contributed by atoms with Crippen molar-refractivity contribution >= 4 is 23.7 Å². The van der Waals surface area contributed by atoms with Gasteiger partial charge in [0.05, 0.1) is 7.11 Å². The van der Waals surface area contributed by atoms with Crippen LogP contribution in [0, 0.1) is 0 Å². The molecule has 0 fully saturated rings. The van der Waals surface area contributed by atoms with E-state index in [1.54, 1.807) is 18.4 Å². The van der Waals surface area contributed by atoms with E-state index in [0.29, 0.717) is 12.1 Å². The summed E-state index contributed by atoms with van der Waals surface area (Å²) in [5, 5.41) is 8.40. The lowest BCUT2D eigenvalue weighted by molar-refractivity contribution is 0.364. The van der Waals surface area contributed by atoms with Gasteiger partial charge < -0.3 is 10.1 Å². The summed E-state index contributed by atoms with van der Waals surface area (Å²) in [6, 6.07) is 9.91. The van der Waals surface area contributed by atoms with E-state index in [4.69, 9.17) is 4.74 Å². The zero-order valence-electron chi connectivity index (χ0n) is 14.6. The molecule has 1 N–H and O–H groups in total. The molecule has 0 aliphatic heterocycles. The maximum absolute atomic E-state index is 5.52. The van der Waals surface area contributed by atoms with Gasteiger partial charge in [0.15, 0.2) is 0 Å². The highest BCUT2D eigenvalue weighted by atomic mass is 35.5. The van der Waals surface area contributed by atoms with E-state index in [1.165, 1.54) is 36.0 Å². The van der Waals surface area contributed by atoms with Crippen molar-refractivity contribution < 1.29 is 4.74 Å². The minimum absolute atomic E-state index is 0. The molecule has 1 aromatic heterocycles. The van der Waals surface area contributed by atoms with Crippen LogP contribution in [0.15, 0.2) is 35.0 Å². The number of benzene rings is 1. The van der Waals surface area contributed by atoms with E-state index in [0.717, 1.165) is 25.0 Å². The predicted octanol–water partition coefficient (Wildman–Crippen LogP) is 5.04. The van der Waals surface area contributed by atoms with Crippen LogP contribution in [-0.4, -0.2) is 19.2 Å². The van der Waals surface area contributed by atoms with E-state index in [-0.39, 0.29) is 12.4 Å². The van der Waals surface area contributed by atoms with E-state index in [1.807, 2.05) is 0 Å². The van der Waals surface area contributed by atoms with Crippen LogP contribution in [0.4, 0.5) is 0 Å². The van der Waals surface area contributed by atoms with Gasteiger partial charge in [0.25, 0.3) is 0 Å². The Kier molecular flexibility index (Phi) is 7.60. The monoisotopic (exact) mass is 365 g/mol. The molecule has 0 amide bonds. The molecule has 1 aliphatic rings. The molecule has 0 radical (unpaired) electrons. The van der Waals surface area contributed by atoms with Crippen molar-refractivity contribution in [3.63, 3.8) is 0 Å². The fourth-order valence-electron chi connectivity index (χ4n) is 3.73. The molecule has 0 saturated carbocycles. The minimum Gasteiger partial charge on any atom is -0.496 e. The molecule has 0 bridgehead atoms. The Hall–Kier alpha value is -1.03. The van der Waals surface area contributed by atoms with Crippen molar-refractivity contribution in [1.82, 2.24) is 5.32 Å². The molecule has 132 valence electrons. The summed E-state index contributed by atoms with van der Waals surface area (Å²) in [6.45, 7) is 2.28. The van der Waals surface area contributed by atoms with E-state index in [9.17, 15) is 0 Å². The molecule has 1 heterocycles. The lowest BCUT2D eigenvalue weighted by atomic mass is 9.87. The molecule has 1 aliphatic carbocycles. The number of ether oxygens (including phenoxy) is 1. The van der Waals surface area contributed by atoms with E-state index in [2.05, 4.69) is 47.3 Å². The highest BCUT2D eigenvalue weighted by Crippen LogP contribution is 2.30. The molecule has 0 spiro atoms. The number of hydrogen-bond donors (Lipinski definition) is 1. The van der Waals surface area contributed by atoms with E-state index < -0.39 is 0 Å². The van der Waals surface area contributed by atoms with Gasteiger partial charge in [0.2, 0.25) is 0 Å². The van der Waals surface area contributed by atoms with Crippen molar-refractivity contribution in [3.05, 3.63) is 51.7 Å². The largest absolute Gasteiger partial charge is 0.496 e. The van der Waals surface area contributed by atoms with Crippen LogP contribution < -0.4 is 10.1 Å². The fourth-order valence-corrected chi connectivity index (χ4v) is 4.41. The molecule has 2 aromatic rings. The van der Waals surface area contributed by atoms with Gasteiger partial charge >= 0.3 is 0 Å². The summed E-state index contributed by atoms with van der Waals surface area (Å²) in [6.07, 6.45) is 7.08. The van der Waals surface area contributed by atoms with Crippen LogP contribution in [0.5, 0.6) is 5.75 Å². The third-order valence-electron chi connectivity index (χ3n) is 4.83. The predicted molar refractivity (Wildman–Crippen MR) is 106 cm³/mol.